The third-order valence-electron chi connectivity index (χ3n) is 4.44. The Hall–Kier alpha value is -2.10. The van der Waals surface area contributed by atoms with Gasteiger partial charge in [0.2, 0.25) is 5.91 Å². The lowest BCUT2D eigenvalue weighted by atomic mass is 10.2. The van der Waals surface area contributed by atoms with Crippen molar-refractivity contribution >= 4 is 44.5 Å². The zero-order valence-electron chi connectivity index (χ0n) is 16.9. The molecule has 0 saturated heterocycles. The van der Waals surface area contributed by atoms with Crippen molar-refractivity contribution in [3.05, 3.63) is 57.2 Å². The van der Waals surface area contributed by atoms with Crippen LogP contribution in [0, 0.1) is 0 Å². The number of aromatic nitrogens is 2. The summed E-state index contributed by atoms with van der Waals surface area (Å²) in [4.78, 5) is 30.1. The number of benzene rings is 1. The van der Waals surface area contributed by atoms with Crippen LogP contribution in [0.25, 0.3) is 10.9 Å². The number of rotatable bonds is 10. The number of fused-ring (bicyclic) bond motifs is 1. The van der Waals surface area contributed by atoms with Crippen molar-refractivity contribution in [2.24, 2.45) is 0 Å². The van der Waals surface area contributed by atoms with Crippen molar-refractivity contribution in [2.75, 3.05) is 19.0 Å². The Kier molecular flexibility index (Phi) is 8.12. The smallest absolute Gasteiger partial charge is 0.262 e. The minimum atomic E-state index is -0.233. The topological polar surface area (TPSA) is 86.4 Å². The second kappa shape index (κ2) is 10.8. The minimum Gasteiger partial charge on any atom is -0.467 e. The number of furan rings is 1. The average molecular weight is 494 g/mol. The van der Waals surface area contributed by atoms with Crippen molar-refractivity contribution in [1.82, 2.24) is 14.9 Å². The molecule has 0 radical (unpaired) electrons. The van der Waals surface area contributed by atoms with Gasteiger partial charge in [0.25, 0.3) is 5.56 Å². The number of hydrogen-bond acceptors (Lipinski definition) is 6. The number of nitrogens with zero attached hydrogens (tertiary/aromatic N) is 2. The van der Waals surface area contributed by atoms with Crippen LogP contribution in [0.15, 0.2) is 55.4 Å². The Morgan fingerprint density at radius 2 is 2.23 bits per heavy atom. The van der Waals surface area contributed by atoms with Crippen molar-refractivity contribution in [1.29, 1.82) is 0 Å². The molecular weight excluding hydrogens is 470 g/mol. The monoisotopic (exact) mass is 493 g/mol. The molecule has 2 aromatic heterocycles. The number of ether oxygens (including phenoxy) is 1. The third-order valence-corrected chi connectivity index (χ3v) is 5.91. The van der Waals surface area contributed by atoms with Gasteiger partial charge in [0.1, 0.15) is 5.76 Å². The van der Waals surface area contributed by atoms with Gasteiger partial charge < -0.3 is 14.5 Å². The molecule has 0 fully saturated rings. The molecule has 1 amide bonds. The Labute approximate surface area is 187 Å². The first-order valence-electron chi connectivity index (χ1n) is 9.73. The van der Waals surface area contributed by atoms with Crippen molar-refractivity contribution in [2.45, 2.75) is 38.0 Å². The number of amides is 1. The van der Waals surface area contributed by atoms with Crippen LogP contribution in [-0.4, -0.2) is 34.4 Å². The van der Waals surface area contributed by atoms with Gasteiger partial charge >= 0.3 is 0 Å². The van der Waals surface area contributed by atoms with E-state index in [0.717, 1.165) is 4.47 Å². The van der Waals surface area contributed by atoms with Gasteiger partial charge in [-0.15, -0.1) is 0 Å². The van der Waals surface area contributed by atoms with Gasteiger partial charge in [-0.1, -0.05) is 27.7 Å². The van der Waals surface area contributed by atoms with Crippen molar-refractivity contribution in [3.63, 3.8) is 0 Å². The summed E-state index contributed by atoms with van der Waals surface area (Å²) in [5.41, 5.74) is 0.487. The van der Waals surface area contributed by atoms with E-state index in [1.165, 1.54) is 11.8 Å². The van der Waals surface area contributed by atoms with Crippen LogP contribution in [-0.2, 0) is 16.1 Å². The first-order chi connectivity index (χ1) is 14.5. The SMILES string of the molecule is CCOCCCn1c(SCC(=O)NC(C)c2ccco2)nc2ccc(Br)cc2c1=O. The van der Waals surface area contributed by atoms with E-state index in [-0.39, 0.29) is 23.3 Å². The van der Waals surface area contributed by atoms with Gasteiger partial charge in [0, 0.05) is 24.2 Å². The molecule has 1 atom stereocenters. The van der Waals surface area contributed by atoms with Gasteiger partial charge in [-0.2, -0.15) is 0 Å². The van der Waals surface area contributed by atoms with Gasteiger partial charge in [-0.25, -0.2) is 4.98 Å². The molecule has 1 N–H and O–H groups in total. The highest BCUT2D eigenvalue weighted by molar-refractivity contribution is 9.10. The molecule has 0 bridgehead atoms. The zero-order chi connectivity index (χ0) is 21.5. The molecule has 160 valence electrons. The number of halogens is 1. The third kappa shape index (κ3) is 5.74. The normalized spacial score (nSPS) is 12.2. The van der Waals surface area contributed by atoms with Gasteiger partial charge in [-0.05, 0) is 50.6 Å². The van der Waals surface area contributed by atoms with Gasteiger partial charge in [0.15, 0.2) is 5.16 Å². The summed E-state index contributed by atoms with van der Waals surface area (Å²) in [6.45, 7) is 5.46. The lowest BCUT2D eigenvalue weighted by Crippen LogP contribution is -2.29. The number of hydrogen-bond donors (Lipinski definition) is 1. The fourth-order valence-corrected chi connectivity index (χ4v) is 4.17. The molecule has 1 aromatic carbocycles. The summed E-state index contributed by atoms with van der Waals surface area (Å²) in [5, 5.41) is 3.96. The molecule has 0 aliphatic heterocycles. The van der Waals surface area contributed by atoms with Crippen LogP contribution in [0.3, 0.4) is 0 Å². The minimum absolute atomic E-state index is 0.121. The van der Waals surface area contributed by atoms with E-state index < -0.39 is 0 Å². The lowest BCUT2D eigenvalue weighted by molar-refractivity contribution is -0.119. The molecule has 0 saturated carbocycles. The summed E-state index contributed by atoms with van der Waals surface area (Å²) in [5.74, 6) is 0.677. The Bertz CT molecular complexity index is 1050. The predicted molar refractivity (Wildman–Crippen MR) is 121 cm³/mol. The van der Waals surface area contributed by atoms with E-state index in [9.17, 15) is 9.59 Å². The molecule has 30 heavy (non-hydrogen) atoms. The zero-order valence-corrected chi connectivity index (χ0v) is 19.3. The van der Waals surface area contributed by atoms with E-state index in [0.29, 0.717) is 48.0 Å². The maximum atomic E-state index is 13.1. The maximum Gasteiger partial charge on any atom is 0.262 e. The summed E-state index contributed by atoms with van der Waals surface area (Å²) < 4.78 is 13.2. The summed E-state index contributed by atoms with van der Waals surface area (Å²) >= 11 is 4.66. The largest absolute Gasteiger partial charge is 0.467 e. The Morgan fingerprint density at radius 3 is 2.97 bits per heavy atom. The van der Waals surface area contributed by atoms with Crippen LogP contribution in [0.2, 0.25) is 0 Å². The molecule has 9 heteroatoms. The second-order valence-corrected chi connectivity index (χ2v) is 8.51. The number of carbonyl (C=O) groups excluding carboxylic acids is 1. The molecule has 3 aromatic rings. The molecule has 0 aliphatic rings. The van der Waals surface area contributed by atoms with E-state index in [1.54, 1.807) is 29.0 Å². The summed E-state index contributed by atoms with van der Waals surface area (Å²) in [6.07, 6.45) is 2.26. The molecule has 0 spiro atoms. The molecule has 2 heterocycles. The molecule has 7 nitrogen and oxygen atoms in total. The highest BCUT2D eigenvalue weighted by Crippen LogP contribution is 2.21. The molecule has 3 rings (SSSR count). The summed E-state index contributed by atoms with van der Waals surface area (Å²) in [7, 11) is 0. The van der Waals surface area contributed by atoms with Crippen molar-refractivity contribution in [3.8, 4) is 0 Å². The van der Waals surface area contributed by atoms with E-state index in [1.807, 2.05) is 26.0 Å². The van der Waals surface area contributed by atoms with Crippen LogP contribution < -0.4 is 10.9 Å². The van der Waals surface area contributed by atoms with Crippen LogP contribution in [0.5, 0.6) is 0 Å². The van der Waals surface area contributed by atoms with Crippen LogP contribution in [0.4, 0.5) is 0 Å². The van der Waals surface area contributed by atoms with Crippen molar-refractivity contribution < 1.29 is 13.9 Å². The number of carbonyl (C=O) groups is 1. The van der Waals surface area contributed by atoms with E-state index >= 15 is 0 Å². The van der Waals surface area contributed by atoms with Gasteiger partial charge in [-0.3, -0.25) is 14.2 Å². The highest BCUT2D eigenvalue weighted by Gasteiger charge is 2.16. The highest BCUT2D eigenvalue weighted by atomic mass is 79.9. The van der Waals surface area contributed by atoms with Crippen LogP contribution >= 0.6 is 27.7 Å². The number of thioether (sulfide) groups is 1. The fourth-order valence-electron chi connectivity index (χ4n) is 2.97. The predicted octanol–water partition coefficient (Wildman–Crippen LogP) is 4.15. The molecule has 0 aliphatic carbocycles. The van der Waals surface area contributed by atoms with Gasteiger partial charge in [0.05, 0.1) is 29.0 Å². The summed E-state index contributed by atoms with van der Waals surface area (Å²) in [6, 6.07) is 8.79. The van der Waals surface area contributed by atoms with Crippen LogP contribution in [0.1, 0.15) is 32.1 Å². The maximum absolute atomic E-state index is 13.1. The average Bonchev–Trinajstić information content (AvgIpc) is 3.27. The quantitative estimate of drug-likeness (QED) is 0.259. The second-order valence-electron chi connectivity index (χ2n) is 6.66. The fraction of sp³-hybridized carbons (Fsp3) is 0.381. The molecule has 1 unspecified atom stereocenters. The molecular formula is C21H24BrN3O4S. The van der Waals surface area contributed by atoms with E-state index in [4.69, 9.17) is 9.15 Å². The standard InChI is InChI=1S/C21H24BrN3O4S/c1-3-28-10-5-9-25-20(27)16-12-15(22)7-8-17(16)24-21(25)30-13-19(26)23-14(2)18-6-4-11-29-18/h4,6-8,11-12,14H,3,5,9-10,13H2,1-2H3,(H,23,26). The Balaban J connectivity index is 1.77. The first-order valence-corrected chi connectivity index (χ1v) is 11.5. The number of nitrogens with one attached hydrogen (secondary N) is 1. The Morgan fingerprint density at radius 1 is 1.40 bits per heavy atom. The lowest BCUT2D eigenvalue weighted by Gasteiger charge is -2.14. The first kappa shape index (κ1) is 22.6. The van der Waals surface area contributed by atoms with E-state index in [2.05, 4.69) is 26.2 Å².